The van der Waals surface area contributed by atoms with Crippen molar-refractivity contribution in [3.05, 3.63) is 22.6 Å². The predicted molar refractivity (Wildman–Crippen MR) is 47.5 cm³/mol. The van der Waals surface area contributed by atoms with E-state index in [4.69, 9.17) is 4.74 Å². The van der Waals surface area contributed by atoms with Crippen LogP contribution < -0.4 is 4.74 Å². The third kappa shape index (κ3) is 1.32. The fourth-order valence-electron chi connectivity index (χ4n) is 1.37. The standard InChI is InChI=1S/C9H7NO4/c11-7-4-8-5(3-6(7)10-13)1-2-9(12)14-8/h3-4,11H,1-2H2. The zero-order valence-corrected chi connectivity index (χ0v) is 7.19. The number of aromatic hydroxyl groups is 1. The maximum absolute atomic E-state index is 10.9. The van der Waals surface area contributed by atoms with Crippen LogP contribution in [0.4, 0.5) is 5.69 Å². The minimum Gasteiger partial charge on any atom is -0.505 e. The number of fused-ring (bicyclic) bond motifs is 1. The molecule has 0 unspecified atom stereocenters. The second-order valence-corrected chi connectivity index (χ2v) is 3.01. The molecule has 1 N–H and O–H groups in total. The Morgan fingerprint density at radius 3 is 2.86 bits per heavy atom. The van der Waals surface area contributed by atoms with Crippen LogP contribution in [0.3, 0.4) is 0 Å². The van der Waals surface area contributed by atoms with Crippen LogP contribution in [-0.2, 0) is 11.2 Å². The van der Waals surface area contributed by atoms with E-state index in [0.29, 0.717) is 12.2 Å². The molecule has 0 aliphatic carbocycles. The molecule has 0 amide bonds. The highest BCUT2D eigenvalue weighted by Crippen LogP contribution is 2.36. The molecule has 1 aliphatic heterocycles. The van der Waals surface area contributed by atoms with Gasteiger partial charge < -0.3 is 9.84 Å². The molecule has 1 aliphatic rings. The third-order valence-electron chi connectivity index (χ3n) is 2.08. The Morgan fingerprint density at radius 2 is 2.14 bits per heavy atom. The molecule has 1 aromatic carbocycles. The first-order chi connectivity index (χ1) is 6.70. The van der Waals surface area contributed by atoms with Crippen LogP contribution in [0.2, 0.25) is 0 Å². The Labute approximate surface area is 79.3 Å². The number of nitroso groups, excluding NO2 is 1. The molecule has 1 heterocycles. The number of phenolic OH excluding ortho intramolecular Hbond substituents is 1. The highest BCUT2D eigenvalue weighted by molar-refractivity contribution is 5.76. The van der Waals surface area contributed by atoms with Crippen LogP contribution in [0.15, 0.2) is 17.3 Å². The lowest BCUT2D eigenvalue weighted by molar-refractivity contribution is -0.135. The normalized spacial score (nSPS) is 14.4. The topological polar surface area (TPSA) is 76.0 Å². The molecule has 0 fully saturated rings. The van der Waals surface area contributed by atoms with Crippen molar-refractivity contribution in [2.24, 2.45) is 5.18 Å². The van der Waals surface area contributed by atoms with E-state index < -0.39 is 0 Å². The summed E-state index contributed by atoms with van der Waals surface area (Å²) in [5.41, 5.74) is 0.693. The SMILES string of the molecule is O=Nc1cc2c(cc1O)OC(=O)CC2. The van der Waals surface area contributed by atoms with Gasteiger partial charge in [0.1, 0.15) is 17.2 Å². The molecule has 0 bridgehead atoms. The second-order valence-electron chi connectivity index (χ2n) is 3.01. The number of nitrogens with zero attached hydrogens (tertiary/aromatic N) is 1. The largest absolute Gasteiger partial charge is 0.505 e. The van der Waals surface area contributed by atoms with E-state index in [1.165, 1.54) is 12.1 Å². The first-order valence-corrected chi connectivity index (χ1v) is 4.10. The van der Waals surface area contributed by atoms with Crippen molar-refractivity contribution in [2.75, 3.05) is 0 Å². The molecule has 0 radical (unpaired) electrons. The van der Waals surface area contributed by atoms with E-state index in [9.17, 15) is 14.8 Å². The summed E-state index contributed by atoms with van der Waals surface area (Å²) in [4.78, 5) is 21.2. The van der Waals surface area contributed by atoms with Crippen molar-refractivity contribution in [1.29, 1.82) is 0 Å². The second kappa shape index (κ2) is 3.10. The third-order valence-corrected chi connectivity index (χ3v) is 2.08. The summed E-state index contributed by atoms with van der Waals surface area (Å²) in [6.07, 6.45) is 0.799. The van der Waals surface area contributed by atoms with Crippen LogP contribution in [-0.4, -0.2) is 11.1 Å². The van der Waals surface area contributed by atoms with E-state index in [2.05, 4.69) is 5.18 Å². The van der Waals surface area contributed by atoms with Gasteiger partial charge in [0.25, 0.3) is 0 Å². The molecule has 0 saturated carbocycles. The molecule has 0 atom stereocenters. The van der Waals surface area contributed by atoms with Crippen molar-refractivity contribution >= 4 is 11.7 Å². The lowest BCUT2D eigenvalue weighted by Gasteiger charge is -2.15. The number of ether oxygens (including phenoxy) is 1. The summed E-state index contributed by atoms with van der Waals surface area (Å²) in [6, 6.07) is 2.67. The minimum atomic E-state index is -0.330. The number of aryl methyl sites for hydroxylation is 1. The molecule has 0 saturated heterocycles. The molecule has 5 nitrogen and oxygen atoms in total. The van der Waals surface area contributed by atoms with Crippen LogP contribution >= 0.6 is 0 Å². The Balaban J connectivity index is 2.50. The summed E-state index contributed by atoms with van der Waals surface area (Å²) in [5.74, 6) is -0.289. The Morgan fingerprint density at radius 1 is 1.36 bits per heavy atom. The molecule has 0 spiro atoms. The summed E-state index contributed by atoms with van der Waals surface area (Å²) < 4.78 is 4.87. The van der Waals surface area contributed by atoms with Gasteiger partial charge in [-0.25, -0.2) is 0 Å². The van der Waals surface area contributed by atoms with Crippen molar-refractivity contribution in [2.45, 2.75) is 12.8 Å². The zero-order valence-electron chi connectivity index (χ0n) is 7.19. The quantitative estimate of drug-likeness (QED) is 0.418. The highest BCUT2D eigenvalue weighted by Gasteiger charge is 2.19. The lowest BCUT2D eigenvalue weighted by Crippen LogP contribution is -2.15. The molecule has 5 heteroatoms. The number of phenols is 1. The van der Waals surface area contributed by atoms with Gasteiger partial charge in [-0.15, -0.1) is 4.91 Å². The van der Waals surface area contributed by atoms with Crippen molar-refractivity contribution in [3.63, 3.8) is 0 Å². The van der Waals surface area contributed by atoms with Crippen molar-refractivity contribution in [3.8, 4) is 11.5 Å². The summed E-state index contributed by atoms with van der Waals surface area (Å²) in [6.45, 7) is 0. The summed E-state index contributed by atoms with van der Waals surface area (Å²) >= 11 is 0. The average Bonchev–Trinajstić information content (AvgIpc) is 2.16. The van der Waals surface area contributed by atoms with Gasteiger partial charge >= 0.3 is 5.97 Å². The summed E-state index contributed by atoms with van der Waals surface area (Å²) in [7, 11) is 0. The summed E-state index contributed by atoms with van der Waals surface area (Å²) in [5, 5.41) is 11.9. The van der Waals surface area contributed by atoms with Crippen LogP contribution in [0.5, 0.6) is 11.5 Å². The Bertz CT molecular complexity index is 414. The first-order valence-electron chi connectivity index (χ1n) is 4.10. The first kappa shape index (κ1) is 8.68. The zero-order chi connectivity index (χ0) is 10.1. The predicted octanol–water partition coefficient (Wildman–Crippen LogP) is 1.64. The maximum atomic E-state index is 10.9. The number of rotatable bonds is 1. The fraction of sp³-hybridized carbons (Fsp3) is 0.222. The van der Waals surface area contributed by atoms with Gasteiger partial charge in [0.05, 0.1) is 6.42 Å². The maximum Gasteiger partial charge on any atom is 0.311 e. The van der Waals surface area contributed by atoms with E-state index >= 15 is 0 Å². The van der Waals surface area contributed by atoms with E-state index in [1.807, 2.05) is 0 Å². The van der Waals surface area contributed by atoms with Gasteiger partial charge in [-0.3, -0.25) is 4.79 Å². The number of hydrogen-bond donors (Lipinski definition) is 1. The molecule has 2 rings (SSSR count). The van der Waals surface area contributed by atoms with Crippen LogP contribution in [0.1, 0.15) is 12.0 Å². The van der Waals surface area contributed by atoms with Gasteiger partial charge in [0.15, 0.2) is 0 Å². The van der Waals surface area contributed by atoms with Gasteiger partial charge in [0.2, 0.25) is 0 Å². The Hall–Kier alpha value is -1.91. The Kier molecular flexibility index (Phi) is 1.92. The smallest absolute Gasteiger partial charge is 0.311 e. The van der Waals surface area contributed by atoms with Gasteiger partial charge in [-0.1, -0.05) is 0 Å². The molecular formula is C9H7NO4. The fourth-order valence-corrected chi connectivity index (χ4v) is 1.37. The number of carbonyl (C=O) groups is 1. The van der Waals surface area contributed by atoms with Crippen LogP contribution in [0.25, 0.3) is 0 Å². The monoisotopic (exact) mass is 193 g/mol. The van der Waals surface area contributed by atoms with E-state index in [-0.39, 0.29) is 23.8 Å². The number of benzene rings is 1. The molecule has 72 valence electrons. The number of hydrogen-bond acceptors (Lipinski definition) is 5. The van der Waals surface area contributed by atoms with Crippen molar-refractivity contribution < 1.29 is 14.6 Å². The average molecular weight is 193 g/mol. The molecule has 14 heavy (non-hydrogen) atoms. The highest BCUT2D eigenvalue weighted by atomic mass is 16.5. The lowest BCUT2D eigenvalue weighted by atomic mass is 10.1. The van der Waals surface area contributed by atoms with Crippen molar-refractivity contribution in [1.82, 2.24) is 0 Å². The number of esters is 1. The van der Waals surface area contributed by atoms with Crippen LogP contribution in [0, 0.1) is 4.91 Å². The van der Waals surface area contributed by atoms with Gasteiger partial charge in [0, 0.05) is 6.07 Å². The van der Waals surface area contributed by atoms with E-state index in [1.54, 1.807) is 0 Å². The molecule has 0 aromatic heterocycles. The van der Waals surface area contributed by atoms with Gasteiger partial charge in [-0.05, 0) is 23.2 Å². The number of carbonyl (C=O) groups excluding carboxylic acids is 1. The van der Waals surface area contributed by atoms with Gasteiger partial charge in [-0.2, -0.15) is 0 Å². The van der Waals surface area contributed by atoms with E-state index in [0.717, 1.165) is 5.56 Å². The molecule has 1 aromatic rings. The molecular weight excluding hydrogens is 186 g/mol. The minimum absolute atomic E-state index is 0.0262.